The number of nitrogens with one attached hydrogen (secondary N) is 1. The van der Waals surface area contributed by atoms with Gasteiger partial charge < -0.3 is 11.1 Å². The summed E-state index contributed by atoms with van der Waals surface area (Å²) in [6.07, 6.45) is 9.48. The minimum Gasteiger partial charge on any atom is -0.326 e. The molecule has 1 saturated carbocycles. The Kier molecular flexibility index (Phi) is 4.90. The Bertz CT molecular complexity index is 141. The van der Waals surface area contributed by atoms with E-state index in [2.05, 4.69) is 19.2 Å². The molecule has 1 aliphatic rings. The second kappa shape index (κ2) is 5.72. The quantitative estimate of drug-likeness (QED) is 0.681. The molecule has 0 bridgehead atoms. The first-order valence-corrected chi connectivity index (χ1v) is 6.10. The van der Waals surface area contributed by atoms with Crippen molar-refractivity contribution in [2.45, 2.75) is 70.4 Å². The van der Waals surface area contributed by atoms with Crippen LogP contribution >= 0.6 is 0 Å². The molecule has 0 amide bonds. The highest BCUT2D eigenvalue weighted by atomic mass is 14.9. The van der Waals surface area contributed by atoms with Gasteiger partial charge in [-0.2, -0.15) is 0 Å². The highest BCUT2D eigenvalue weighted by Gasteiger charge is 2.14. The molecule has 0 heterocycles. The molecule has 0 saturated heterocycles. The smallest absolute Gasteiger partial charge is 0.0109 e. The molecule has 0 radical (unpaired) electrons. The monoisotopic (exact) mass is 198 g/mol. The van der Waals surface area contributed by atoms with E-state index in [1.165, 1.54) is 38.5 Å². The highest BCUT2D eigenvalue weighted by Crippen LogP contribution is 2.17. The van der Waals surface area contributed by atoms with Crippen molar-refractivity contribution >= 4 is 0 Å². The molecule has 0 atom stereocenters. The number of hydrogen-bond donors (Lipinski definition) is 2. The summed E-state index contributed by atoms with van der Waals surface area (Å²) in [4.78, 5) is 0. The maximum absolute atomic E-state index is 5.94. The minimum atomic E-state index is -0.0161. The summed E-state index contributed by atoms with van der Waals surface area (Å²) in [7, 11) is 0. The Balaban J connectivity index is 2.10. The van der Waals surface area contributed by atoms with Crippen LogP contribution in [0.15, 0.2) is 0 Å². The van der Waals surface area contributed by atoms with E-state index in [0.717, 1.165) is 19.0 Å². The summed E-state index contributed by atoms with van der Waals surface area (Å²) in [5.41, 5.74) is 5.93. The molecular formula is C12H26N2. The molecule has 14 heavy (non-hydrogen) atoms. The Labute approximate surface area is 88.6 Å². The van der Waals surface area contributed by atoms with Crippen molar-refractivity contribution in [1.82, 2.24) is 5.32 Å². The fourth-order valence-electron chi connectivity index (χ4n) is 2.08. The standard InChI is InChI=1S/C12H26N2/c1-12(2,13)9-10-14-11-7-5-3-4-6-8-11/h11,14H,3-10,13H2,1-2H3. The second-order valence-electron chi connectivity index (χ2n) is 5.38. The van der Waals surface area contributed by atoms with Crippen LogP contribution < -0.4 is 11.1 Å². The molecule has 0 aliphatic heterocycles. The molecule has 0 aromatic rings. The van der Waals surface area contributed by atoms with E-state index < -0.39 is 0 Å². The van der Waals surface area contributed by atoms with Crippen LogP contribution in [0.1, 0.15) is 58.8 Å². The lowest BCUT2D eigenvalue weighted by Gasteiger charge is -2.21. The topological polar surface area (TPSA) is 38.0 Å². The molecule has 1 rings (SSSR count). The van der Waals surface area contributed by atoms with Gasteiger partial charge in [-0.25, -0.2) is 0 Å². The predicted octanol–water partition coefficient (Wildman–Crippen LogP) is 2.43. The maximum atomic E-state index is 5.94. The van der Waals surface area contributed by atoms with Crippen molar-refractivity contribution in [1.29, 1.82) is 0 Å². The second-order valence-corrected chi connectivity index (χ2v) is 5.38. The fourth-order valence-corrected chi connectivity index (χ4v) is 2.08. The first-order valence-electron chi connectivity index (χ1n) is 6.10. The largest absolute Gasteiger partial charge is 0.326 e. The Morgan fingerprint density at radius 3 is 2.21 bits per heavy atom. The Morgan fingerprint density at radius 2 is 1.71 bits per heavy atom. The van der Waals surface area contributed by atoms with E-state index in [-0.39, 0.29) is 5.54 Å². The molecule has 2 nitrogen and oxygen atoms in total. The summed E-state index contributed by atoms with van der Waals surface area (Å²) in [5.74, 6) is 0. The normalized spacial score (nSPS) is 20.8. The van der Waals surface area contributed by atoms with Crippen molar-refractivity contribution in [3.8, 4) is 0 Å². The van der Waals surface area contributed by atoms with Crippen LogP contribution in [0.4, 0.5) is 0 Å². The lowest BCUT2D eigenvalue weighted by Crippen LogP contribution is -2.38. The average molecular weight is 198 g/mol. The molecule has 1 fully saturated rings. The van der Waals surface area contributed by atoms with Crippen molar-refractivity contribution in [3.05, 3.63) is 0 Å². The summed E-state index contributed by atoms with van der Waals surface area (Å²) in [6.45, 7) is 5.28. The van der Waals surface area contributed by atoms with Crippen LogP contribution in [0.2, 0.25) is 0 Å². The lowest BCUT2D eigenvalue weighted by molar-refractivity contribution is 0.404. The van der Waals surface area contributed by atoms with Crippen LogP contribution in [-0.2, 0) is 0 Å². The molecule has 1 aliphatic carbocycles. The lowest BCUT2D eigenvalue weighted by atomic mass is 10.0. The SMILES string of the molecule is CC(C)(N)CCNC1CCCCCC1. The third-order valence-corrected chi connectivity index (χ3v) is 3.06. The van der Waals surface area contributed by atoms with Gasteiger partial charge in [0, 0.05) is 11.6 Å². The number of rotatable bonds is 4. The van der Waals surface area contributed by atoms with Crippen molar-refractivity contribution < 1.29 is 0 Å². The third-order valence-electron chi connectivity index (χ3n) is 3.06. The van der Waals surface area contributed by atoms with Gasteiger partial charge in [0.25, 0.3) is 0 Å². The minimum absolute atomic E-state index is 0.0161. The van der Waals surface area contributed by atoms with E-state index >= 15 is 0 Å². The van der Waals surface area contributed by atoms with E-state index in [0.29, 0.717) is 0 Å². The molecule has 3 N–H and O–H groups in total. The molecule has 0 aromatic heterocycles. The van der Waals surface area contributed by atoms with Gasteiger partial charge in [0.2, 0.25) is 0 Å². The van der Waals surface area contributed by atoms with Gasteiger partial charge in [-0.05, 0) is 39.7 Å². The molecular weight excluding hydrogens is 172 g/mol. The number of nitrogens with two attached hydrogens (primary N) is 1. The summed E-state index contributed by atoms with van der Waals surface area (Å²) in [5, 5.41) is 3.64. The van der Waals surface area contributed by atoms with E-state index in [9.17, 15) is 0 Å². The predicted molar refractivity (Wildman–Crippen MR) is 62.4 cm³/mol. The highest BCUT2D eigenvalue weighted by molar-refractivity contribution is 4.76. The molecule has 0 aromatic carbocycles. The zero-order chi connectivity index (χ0) is 10.4. The first kappa shape index (κ1) is 12.0. The zero-order valence-electron chi connectivity index (χ0n) is 9.81. The van der Waals surface area contributed by atoms with Gasteiger partial charge in [0.15, 0.2) is 0 Å². The molecule has 2 heteroatoms. The van der Waals surface area contributed by atoms with Crippen LogP contribution in [0.25, 0.3) is 0 Å². The Hall–Kier alpha value is -0.0800. The van der Waals surface area contributed by atoms with Gasteiger partial charge in [0.1, 0.15) is 0 Å². The van der Waals surface area contributed by atoms with Crippen LogP contribution in [0.5, 0.6) is 0 Å². The van der Waals surface area contributed by atoms with Crippen LogP contribution in [-0.4, -0.2) is 18.1 Å². The third kappa shape index (κ3) is 5.61. The zero-order valence-corrected chi connectivity index (χ0v) is 9.81. The maximum Gasteiger partial charge on any atom is 0.0109 e. The van der Waals surface area contributed by atoms with Gasteiger partial charge in [-0.15, -0.1) is 0 Å². The van der Waals surface area contributed by atoms with Crippen LogP contribution in [0.3, 0.4) is 0 Å². The average Bonchev–Trinajstić information content (AvgIpc) is 2.30. The summed E-state index contributed by atoms with van der Waals surface area (Å²) in [6, 6.07) is 0.764. The van der Waals surface area contributed by atoms with E-state index in [1.54, 1.807) is 0 Å². The van der Waals surface area contributed by atoms with Gasteiger partial charge in [0.05, 0.1) is 0 Å². The molecule has 84 valence electrons. The number of hydrogen-bond acceptors (Lipinski definition) is 2. The summed E-state index contributed by atoms with van der Waals surface area (Å²) >= 11 is 0. The molecule has 0 unspecified atom stereocenters. The Morgan fingerprint density at radius 1 is 1.14 bits per heavy atom. The van der Waals surface area contributed by atoms with Crippen molar-refractivity contribution in [2.24, 2.45) is 5.73 Å². The van der Waals surface area contributed by atoms with Crippen molar-refractivity contribution in [2.75, 3.05) is 6.54 Å². The van der Waals surface area contributed by atoms with Crippen molar-refractivity contribution in [3.63, 3.8) is 0 Å². The first-order chi connectivity index (χ1) is 6.58. The van der Waals surface area contributed by atoms with Gasteiger partial charge >= 0.3 is 0 Å². The van der Waals surface area contributed by atoms with E-state index in [4.69, 9.17) is 5.73 Å². The summed E-state index contributed by atoms with van der Waals surface area (Å²) < 4.78 is 0. The molecule has 0 spiro atoms. The van der Waals surface area contributed by atoms with Crippen LogP contribution in [0, 0.1) is 0 Å². The van der Waals surface area contributed by atoms with Gasteiger partial charge in [-0.3, -0.25) is 0 Å². The fraction of sp³-hybridized carbons (Fsp3) is 1.00. The van der Waals surface area contributed by atoms with Gasteiger partial charge in [-0.1, -0.05) is 25.7 Å². The van der Waals surface area contributed by atoms with E-state index in [1.807, 2.05) is 0 Å².